The molecule has 0 saturated carbocycles. The van der Waals surface area contributed by atoms with Crippen LogP contribution in [0.25, 0.3) is 0 Å². The Morgan fingerprint density at radius 3 is 2.25 bits per heavy atom. The SMILES string of the molecule is CCOCc1cc(Cl)cc(B2OC(C)(C)C(C)(C)O2)c1. The number of hydrogen-bond donors (Lipinski definition) is 0. The molecule has 0 atom stereocenters. The van der Waals surface area contributed by atoms with Gasteiger partial charge < -0.3 is 14.0 Å². The summed E-state index contributed by atoms with van der Waals surface area (Å²) in [6.45, 7) is 11.4. The van der Waals surface area contributed by atoms with E-state index in [9.17, 15) is 0 Å². The molecule has 0 aliphatic carbocycles. The maximum Gasteiger partial charge on any atom is 0.494 e. The van der Waals surface area contributed by atoms with Gasteiger partial charge in [-0.25, -0.2) is 0 Å². The fraction of sp³-hybridized carbons (Fsp3) is 0.600. The van der Waals surface area contributed by atoms with Crippen molar-refractivity contribution in [1.29, 1.82) is 0 Å². The summed E-state index contributed by atoms with van der Waals surface area (Å²) in [5.74, 6) is 0. The molecule has 1 aliphatic rings. The first-order chi connectivity index (χ1) is 9.25. The van der Waals surface area contributed by atoms with E-state index in [1.807, 2.05) is 52.8 Å². The first-order valence-electron chi connectivity index (χ1n) is 6.98. The Kier molecular flexibility index (Phi) is 4.50. The number of ether oxygens (including phenoxy) is 1. The first kappa shape index (κ1) is 15.8. The first-order valence-corrected chi connectivity index (χ1v) is 7.36. The van der Waals surface area contributed by atoms with Crippen LogP contribution in [0.2, 0.25) is 5.02 Å². The topological polar surface area (TPSA) is 27.7 Å². The van der Waals surface area contributed by atoms with E-state index in [-0.39, 0.29) is 18.3 Å². The molecule has 1 fully saturated rings. The van der Waals surface area contributed by atoms with Crippen molar-refractivity contribution in [2.75, 3.05) is 6.61 Å². The second kappa shape index (κ2) is 5.68. The van der Waals surface area contributed by atoms with Crippen LogP contribution in [0.5, 0.6) is 0 Å². The van der Waals surface area contributed by atoms with Crippen molar-refractivity contribution in [1.82, 2.24) is 0 Å². The van der Waals surface area contributed by atoms with Gasteiger partial charge in [0.1, 0.15) is 0 Å². The number of rotatable bonds is 4. The third-order valence-electron chi connectivity index (χ3n) is 3.98. The molecule has 1 heterocycles. The van der Waals surface area contributed by atoms with Gasteiger partial charge in [0.15, 0.2) is 0 Å². The highest BCUT2D eigenvalue weighted by Crippen LogP contribution is 2.36. The van der Waals surface area contributed by atoms with Gasteiger partial charge in [0.05, 0.1) is 17.8 Å². The van der Waals surface area contributed by atoms with Crippen molar-refractivity contribution < 1.29 is 14.0 Å². The van der Waals surface area contributed by atoms with E-state index in [0.717, 1.165) is 11.0 Å². The van der Waals surface area contributed by atoms with Crippen molar-refractivity contribution in [2.24, 2.45) is 0 Å². The zero-order chi connectivity index (χ0) is 15.0. The Balaban J connectivity index is 2.23. The second-order valence-corrected chi connectivity index (χ2v) is 6.55. The third kappa shape index (κ3) is 3.20. The lowest BCUT2D eigenvalue weighted by Gasteiger charge is -2.32. The van der Waals surface area contributed by atoms with Crippen molar-refractivity contribution in [3.8, 4) is 0 Å². The van der Waals surface area contributed by atoms with Gasteiger partial charge in [0, 0.05) is 11.6 Å². The number of benzene rings is 1. The van der Waals surface area contributed by atoms with E-state index in [4.69, 9.17) is 25.6 Å². The molecule has 110 valence electrons. The molecule has 0 aromatic heterocycles. The van der Waals surface area contributed by atoms with Gasteiger partial charge in [-0.1, -0.05) is 17.7 Å². The summed E-state index contributed by atoms with van der Waals surface area (Å²) >= 11 is 6.18. The van der Waals surface area contributed by atoms with Gasteiger partial charge in [-0.3, -0.25) is 0 Å². The van der Waals surface area contributed by atoms with Crippen LogP contribution < -0.4 is 5.46 Å². The highest BCUT2D eigenvalue weighted by molar-refractivity contribution is 6.62. The van der Waals surface area contributed by atoms with Crippen LogP contribution in [0.3, 0.4) is 0 Å². The molecule has 1 aromatic rings. The van der Waals surface area contributed by atoms with Crippen molar-refractivity contribution in [2.45, 2.75) is 52.4 Å². The lowest BCUT2D eigenvalue weighted by Crippen LogP contribution is -2.41. The second-order valence-electron chi connectivity index (χ2n) is 6.12. The van der Waals surface area contributed by atoms with Crippen molar-refractivity contribution >= 4 is 24.2 Å². The molecule has 0 bridgehead atoms. The largest absolute Gasteiger partial charge is 0.494 e. The Morgan fingerprint density at radius 1 is 1.10 bits per heavy atom. The van der Waals surface area contributed by atoms with Crippen LogP contribution in [0.4, 0.5) is 0 Å². The Labute approximate surface area is 126 Å². The van der Waals surface area contributed by atoms with Crippen molar-refractivity contribution in [3.05, 3.63) is 28.8 Å². The molecule has 3 nitrogen and oxygen atoms in total. The third-order valence-corrected chi connectivity index (χ3v) is 4.20. The van der Waals surface area contributed by atoms with Gasteiger partial charge in [0.25, 0.3) is 0 Å². The molecular formula is C15H22BClO3. The average molecular weight is 297 g/mol. The van der Waals surface area contributed by atoms with Gasteiger partial charge in [-0.05, 0) is 57.8 Å². The number of halogens is 1. The minimum absolute atomic E-state index is 0.347. The van der Waals surface area contributed by atoms with Gasteiger partial charge in [-0.15, -0.1) is 0 Å². The summed E-state index contributed by atoms with van der Waals surface area (Å²) in [6.07, 6.45) is 0. The average Bonchev–Trinajstić information content (AvgIpc) is 2.55. The molecule has 1 aromatic carbocycles. The quantitative estimate of drug-likeness (QED) is 0.799. The summed E-state index contributed by atoms with van der Waals surface area (Å²) in [6, 6.07) is 5.83. The van der Waals surface area contributed by atoms with Crippen LogP contribution in [0.15, 0.2) is 18.2 Å². The summed E-state index contributed by atoms with van der Waals surface area (Å²) in [7, 11) is -0.390. The molecule has 1 aliphatic heterocycles. The molecule has 0 N–H and O–H groups in total. The molecule has 0 spiro atoms. The molecule has 2 rings (SSSR count). The van der Waals surface area contributed by atoms with E-state index in [2.05, 4.69) is 0 Å². The Bertz CT molecular complexity index is 472. The maximum atomic E-state index is 6.18. The highest BCUT2D eigenvalue weighted by Gasteiger charge is 2.51. The molecule has 5 heteroatoms. The van der Waals surface area contributed by atoms with E-state index < -0.39 is 0 Å². The van der Waals surface area contributed by atoms with E-state index in [1.165, 1.54) is 0 Å². The van der Waals surface area contributed by atoms with Gasteiger partial charge >= 0.3 is 7.12 Å². The molecule has 0 radical (unpaired) electrons. The Hall–Kier alpha value is -0.545. The lowest BCUT2D eigenvalue weighted by atomic mass is 9.78. The van der Waals surface area contributed by atoms with E-state index in [0.29, 0.717) is 18.2 Å². The summed E-state index contributed by atoms with van der Waals surface area (Å²) < 4.78 is 17.5. The molecular weight excluding hydrogens is 274 g/mol. The Morgan fingerprint density at radius 2 is 1.70 bits per heavy atom. The van der Waals surface area contributed by atoms with Crippen LogP contribution in [-0.2, 0) is 20.7 Å². The molecule has 1 saturated heterocycles. The zero-order valence-corrected chi connectivity index (χ0v) is 13.6. The van der Waals surface area contributed by atoms with Crippen LogP contribution in [0.1, 0.15) is 40.2 Å². The van der Waals surface area contributed by atoms with Crippen LogP contribution in [-0.4, -0.2) is 24.9 Å². The monoisotopic (exact) mass is 296 g/mol. The lowest BCUT2D eigenvalue weighted by molar-refractivity contribution is 0.00578. The fourth-order valence-electron chi connectivity index (χ4n) is 2.09. The van der Waals surface area contributed by atoms with Gasteiger partial charge in [-0.2, -0.15) is 0 Å². The van der Waals surface area contributed by atoms with Crippen LogP contribution in [0, 0.1) is 0 Å². The molecule has 20 heavy (non-hydrogen) atoms. The minimum Gasteiger partial charge on any atom is -0.399 e. The van der Waals surface area contributed by atoms with E-state index >= 15 is 0 Å². The normalized spacial score (nSPS) is 20.4. The minimum atomic E-state index is -0.390. The summed E-state index contributed by atoms with van der Waals surface area (Å²) in [5.41, 5.74) is 1.27. The smallest absolute Gasteiger partial charge is 0.399 e. The highest BCUT2D eigenvalue weighted by atomic mass is 35.5. The summed E-state index contributed by atoms with van der Waals surface area (Å²) in [5, 5.41) is 0.673. The summed E-state index contributed by atoms with van der Waals surface area (Å²) in [4.78, 5) is 0. The van der Waals surface area contributed by atoms with Gasteiger partial charge in [0.2, 0.25) is 0 Å². The van der Waals surface area contributed by atoms with Crippen molar-refractivity contribution in [3.63, 3.8) is 0 Å². The predicted molar refractivity (Wildman–Crippen MR) is 82.5 cm³/mol. The van der Waals surface area contributed by atoms with E-state index in [1.54, 1.807) is 0 Å². The molecule has 0 amide bonds. The predicted octanol–water partition coefficient (Wildman–Crippen LogP) is 3.18. The number of hydrogen-bond acceptors (Lipinski definition) is 3. The van der Waals surface area contributed by atoms with Crippen LogP contribution >= 0.6 is 11.6 Å². The maximum absolute atomic E-state index is 6.18. The standard InChI is InChI=1S/C15H22BClO3/c1-6-18-10-11-7-12(9-13(17)8-11)16-19-14(2,3)15(4,5)20-16/h7-9H,6,10H2,1-5H3. The zero-order valence-electron chi connectivity index (χ0n) is 12.8. The molecule has 0 unspecified atom stereocenters. The fourth-order valence-corrected chi connectivity index (χ4v) is 2.36.